The van der Waals surface area contributed by atoms with Gasteiger partial charge >= 0.3 is 0 Å². The molecule has 0 bridgehead atoms. The number of carbonyl (C=O) groups excluding carboxylic acids is 2. The molecule has 8 nitrogen and oxygen atoms in total. The number of aryl methyl sites for hydroxylation is 1. The van der Waals surface area contributed by atoms with Gasteiger partial charge in [0, 0.05) is 31.0 Å². The molecule has 0 spiro atoms. The van der Waals surface area contributed by atoms with E-state index in [0.717, 1.165) is 0 Å². The molecule has 1 aliphatic heterocycles. The second-order valence-electron chi connectivity index (χ2n) is 8.04. The number of imidazole rings is 1. The summed E-state index contributed by atoms with van der Waals surface area (Å²) in [6, 6.07) is 13.1. The fraction of sp³-hybridized carbons (Fsp3) is 0.222. The minimum Gasteiger partial charge on any atom is -0.507 e. The van der Waals surface area contributed by atoms with Gasteiger partial charge in [-0.25, -0.2) is 4.98 Å². The number of aromatic nitrogens is 2. The fourth-order valence-electron chi connectivity index (χ4n) is 4.11. The first-order valence-electron chi connectivity index (χ1n) is 11.3. The normalized spacial score (nSPS) is 16.9. The lowest BCUT2D eigenvalue weighted by molar-refractivity contribution is -0.139. The Morgan fingerprint density at radius 1 is 1.09 bits per heavy atom. The minimum atomic E-state index is -0.728. The maximum atomic E-state index is 13.2. The number of carbonyl (C=O) groups is 2. The summed E-state index contributed by atoms with van der Waals surface area (Å²) in [5.41, 5.74) is 1.19. The summed E-state index contributed by atoms with van der Waals surface area (Å²) in [6.07, 6.45) is 7.51. The zero-order valence-electron chi connectivity index (χ0n) is 19.5. The maximum Gasteiger partial charge on any atom is 0.295 e. The van der Waals surface area contributed by atoms with Crippen LogP contribution in [0.4, 0.5) is 0 Å². The molecule has 35 heavy (non-hydrogen) atoms. The SMILES string of the molecule is C=CCOc1ccc([C@H]2C(=C(O)c3ccc(OC)cc3)C(=O)C(=O)N2CCCn2ccnc2)cc1. The van der Waals surface area contributed by atoms with Gasteiger partial charge in [0.2, 0.25) is 0 Å². The van der Waals surface area contributed by atoms with Crippen LogP contribution in [0.2, 0.25) is 0 Å². The molecule has 0 radical (unpaired) electrons. The predicted octanol–water partition coefficient (Wildman–Crippen LogP) is 3.97. The van der Waals surface area contributed by atoms with Crippen molar-refractivity contribution in [3.63, 3.8) is 0 Å². The van der Waals surface area contributed by atoms with Crippen molar-refractivity contribution < 1.29 is 24.2 Å². The average molecular weight is 474 g/mol. The van der Waals surface area contributed by atoms with E-state index < -0.39 is 17.7 Å². The third-order valence-corrected chi connectivity index (χ3v) is 5.84. The molecular weight excluding hydrogens is 446 g/mol. The Hall–Kier alpha value is -4.33. The predicted molar refractivity (Wildman–Crippen MR) is 131 cm³/mol. The molecule has 1 aliphatic rings. The van der Waals surface area contributed by atoms with Crippen molar-refractivity contribution >= 4 is 17.4 Å². The molecule has 0 unspecified atom stereocenters. The second kappa shape index (κ2) is 10.7. The number of likely N-dealkylation sites (tertiary alicyclic amines) is 1. The molecule has 2 heterocycles. The van der Waals surface area contributed by atoms with E-state index in [9.17, 15) is 14.7 Å². The zero-order valence-corrected chi connectivity index (χ0v) is 19.5. The number of hydrogen-bond donors (Lipinski definition) is 1. The summed E-state index contributed by atoms with van der Waals surface area (Å²) in [5, 5.41) is 11.2. The lowest BCUT2D eigenvalue weighted by Crippen LogP contribution is -2.31. The van der Waals surface area contributed by atoms with Crippen LogP contribution in [0.5, 0.6) is 11.5 Å². The lowest BCUT2D eigenvalue weighted by atomic mass is 9.95. The molecule has 3 aromatic rings. The molecule has 1 amide bonds. The third-order valence-electron chi connectivity index (χ3n) is 5.84. The van der Waals surface area contributed by atoms with Gasteiger partial charge in [-0.2, -0.15) is 0 Å². The van der Waals surface area contributed by atoms with E-state index in [1.807, 2.05) is 10.8 Å². The van der Waals surface area contributed by atoms with E-state index in [1.165, 1.54) is 4.90 Å². The molecule has 180 valence electrons. The van der Waals surface area contributed by atoms with Gasteiger partial charge in [-0.3, -0.25) is 9.59 Å². The van der Waals surface area contributed by atoms with Crippen LogP contribution in [0.3, 0.4) is 0 Å². The van der Waals surface area contributed by atoms with Crippen molar-refractivity contribution in [2.24, 2.45) is 0 Å². The third kappa shape index (κ3) is 5.11. The van der Waals surface area contributed by atoms with E-state index in [1.54, 1.807) is 74.2 Å². The average Bonchev–Trinajstić information content (AvgIpc) is 3.50. The number of aliphatic hydroxyl groups is 1. The van der Waals surface area contributed by atoms with Gasteiger partial charge in [-0.05, 0) is 48.4 Å². The summed E-state index contributed by atoms with van der Waals surface area (Å²) >= 11 is 0. The van der Waals surface area contributed by atoms with Crippen LogP contribution in [0.1, 0.15) is 23.6 Å². The van der Waals surface area contributed by atoms with E-state index in [2.05, 4.69) is 11.6 Å². The maximum absolute atomic E-state index is 13.2. The number of rotatable bonds is 10. The summed E-state index contributed by atoms with van der Waals surface area (Å²) in [7, 11) is 1.55. The highest BCUT2D eigenvalue weighted by atomic mass is 16.5. The van der Waals surface area contributed by atoms with E-state index >= 15 is 0 Å². The number of amides is 1. The van der Waals surface area contributed by atoms with Crippen LogP contribution in [0.25, 0.3) is 5.76 Å². The summed E-state index contributed by atoms with van der Waals surface area (Å²) < 4.78 is 12.7. The van der Waals surface area contributed by atoms with Gasteiger partial charge < -0.3 is 24.0 Å². The Morgan fingerprint density at radius 2 is 1.80 bits per heavy atom. The molecule has 1 atom stereocenters. The van der Waals surface area contributed by atoms with Crippen LogP contribution in [-0.2, 0) is 16.1 Å². The number of aliphatic hydroxyl groups excluding tert-OH is 1. The topological polar surface area (TPSA) is 93.9 Å². The number of ketones is 1. The van der Waals surface area contributed by atoms with Gasteiger partial charge in [-0.15, -0.1) is 0 Å². The molecule has 0 aliphatic carbocycles. The standard InChI is InChI=1S/C27H27N3O5/c1-3-17-35-22-11-5-19(6-12-22)24-23(25(31)20-7-9-21(34-2)10-8-20)26(32)27(33)30(24)15-4-14-29-16-13-28-18-29/h3,5-13,16,18,24,31H,1,4,14-15,17H2,2H3/t24-/m0/s1. The van der Waals surface area contributed by atoms with Gasteiger partial charge in [0.1, 0.15) is 23.9 Å². The second-order valence-corrected chi connectivity index (χ2v) is 8.04. The van der Waals surface area contributed by atoms with Crippen LogP contribution in [-0.4, -0.2) is 51.5 Å². The van der Waals surface area contributed by atoms with Gasteiger partial charge in [0.05, 0.1) is 25.1 Å². The highest BCUT2D eigenvalue weighted by Crippen LogP contribution is 2.40. The Balaban J connectivity index is 1.70. The number of benzene rings is 2. The number of ether oxygens (including phenoxy) is 2. The number of methoxy groups -OCH3 is 1. The molecule has 2 aromatic carbocycles. The largest absolute Gasteiger partial charge is 0.507 e. The monoisotopic (exact) mass is 473 g/mol. The smallest absolute Gasteiger partial charge is 0.295 e. The van der Waals surface area contributed by atoms with Crippen LogP contribution in [0.15, 0.2) is 85.5 Å². The van der Waals surface area contributed by atoms with Gasteiger partial charge in [0.25, 0.3) is 11.7 Å². The van der Waals surface area contributed by atoms with E-state index in [0.29, 0.717) is 48.7 Å². The minimum absolute atomic E-state index is 0.0579. The van der Waals surface area contributed by atoms with Crippen molar-refractivity contribution in [3.8, 4) is 11.5 Å². The number of Topliss-reactive ketones (excluding diaryl/α,β-unsaturated/α-hetero) is 1. The van der Waals surface area contributed by atoms with Crippen molar-refractivity contribution in [3.05, 3.63) is 96.6 Å². The Kier molecular flexibility index (Phi) is 7.30. The molecule has 1 aromatic heterocycles. The van der Waals surface area contributed by atoms with Crippen molar-refractivity contribution in [2.45, 2.75) is 19.0 Å². The Labute approximate surface area is 203 Å². The summed E-state index contributed by atoms with van der Waals surface area (Å²) in [6.45, 7) is 4.99. The molecule has 1 fully saturated rings. The highest BCUT2D eigenvalue weighted by Gasteiger charge is 2.45. The number of hydrogen-bond acceptors (Lipinski definition) is 6. The van der Waals surface area contributed by atoms with Gasteiger partial charge in [-0.1, -0.05) is 24.8 Å². The molecule has 1 N–H and O–H groups in total. The van der Waals surface area contributed by atoms with Crippen molar-refractivity contribution in [2.75, 3.05) is 20.3 Å². The Morgan fingerprint density at radius 3 is 2.43 bits per heavy atom. The number of nitrogens with zero attached hydrogens (tertiary/aromatic N) is 3. The van der Waals surface area contributed by atoms with Crippen LogP contribution >= 0.6 is 0 Å². The lowest BCUT2D eigenvalue weighted by Gasteiger charge is -2.25. The summed E-state index contributed by atoms with van der Waals surface area (Å²) in [4.78, 5) is 31.8. The van der Waals surface area contributed by atoms with Crippen LogP contribution in [0, 0.1) is 0 Å². The fourth-order valence-corrected chi connectivity index (χ4v) is 4.11. The summed E-state index contributed by atoms with van der Waals surface area (Å²) in [5.74, 6) is -0.310. The van der Waals surface area contributed by atoms with Crippen molar-refractivity contribution in [1.29, 1.82) is 0 Å². The molecule has 8 heteroatoms. The van der Waals surface area contributed by atoms with Crippen LogP contribution < -0.4 is 9.47 Å². The van der Waals surface area contributed by atoms with E-state index in [4.69, 9.17) is 9.47 Å². The molecular formula is C27H27N3O5. The molecule has 1 saturated heterocycles. The van der Waals surface area contributed by atoms with Crippen molar-refractivity contribution in [1.82, 2.24) is 14.5 Å². The first-order valence-corrected chi connectivity index (χ1v) is 11.3. The highest BCUT2D eigenvalue weighted by molar-refractivity contribution is 6.46. The first kappa shape index (κ1) is 23.8. The zero-order chi connectivity index (χ0) is 24.8. The Bertz CT molecular complexity index is 1210. The van der Waals surface area contributed by atoms with Gasteiger partial charge in [0.15, 0.2) is 0 Å². The first-order chi connectivity index (χ1) is 17.0. The molecule has 4 rings (SSSR count). The molecule has 0 saturated carbocycles. The van der Waals surface area contributed by atoms with E-state index in [-0.39, 0.29) is 11.3 Å². The quantitative estimate of drug-likeness (QED) is 0.207.